The molecule has 0 bridgehead atoms. The normalized spacial score (nSPS) is 24.5. The van der Waals surface area contributed by atoms with Crippen molar-refractivity contribution in [2.75, 3.05) is 0 Å². The molecule has 0 aliphatic carbocycles. The van der Waals surface area contributed by atoms with E-state index in [4.69, 9.17) is 26.8 Å². The molecule has 0 spiro atoms. The lowest BCUT2D eigenvalue weighted by Crippen LogP contribution is -2.31. The Bertz CT molecular complexity index is 549. The molecular formula is C17H24ClNO4. The Balaban J connectivity index is 1.77. The Labute approximate surface area is 141 Å². The number of carboxylic acids is 1. The molecule has 1 aromatic rings. The highest BCUT2D eigenvalue weighted by atomic mass is 35.5. The fourth-order valence-electron chi connectivity index (χ4n) is 2.87. The second-order valence-corrected chi connectivity index (χ2v) is 6.82. The number of carbonyl (C=O) groups is 1. The lowest BCUT2D eigenvalue weighted by atomic mass is 9.99. The van der Waals surface area contributed by atoms with E-state index < -0.39 is 24.0 Å². The van der Waals surface area contributed by atoms with Gasteiger partial charge >= 0.3 is 5.97 Å². The Morgan fingerprint density at radius 3 is 2.78 bits per heavy atom. The molecular weight excluding hydrogens is 318 g/mol. The zero-order valence-corrected chi connectivity index (χ0v) is 14.3. The average Bonchev–Trinajstić information content (AvgIpc) is 2.78. The Morgan fingerprint density at radius 2 is 2.13 bits per heavy atom. The van der Waals surface area contributed by atoms with E-state index in [2.05, 4.69) is 0 Å². The van der Waals surface area contributed by atoms with Crippen molar-refractivity contribution >= 4 is 17.6 Å². The number of aliphatic carboxylic acids is 1. The number of unbranched alkanes of at least 4 members (excludes halogenated alkanes) is 1. The molecule has 1 aliphatic rings. The van der Waals surface area contributed by atoms with Crippen LogP contribution in [0.5, 0.6) is 0 Å². The lowest BCUT2D eigenvalue weighted by Gasteiger charge is -2.17. The minimum Gasteiger partial charge on any atom is -0.479 e. The zero-order chi connectivity index (χ0) is 17.0. The van der Waals surface area contributed by atoms with Gasteiger partial charge in [-0.2, -0.15) is 0 Å². The smallest absolute Gasteiger partial charge is 0.335 e. The molecule has 1 aromatic carbocycles. The minimum atomic E-state index is -0.976. The zero-order valence-electron chi connectivity index (χ0n) is 13.5. The van der Waals surface area contributed by atoms with Gasteiger partial charge in [0, 0.05) is 11.1 Å². The van der Waals surface area contributed by atoms with Gasteiger partial charge < -0.3 is 20.3 Å². The predicted molar refractivity (Wildman–Crippen MR) is 88.3 cm³/mol. The number of rotatable bonds is 7. The molecule has 0 amide bonds. The maximum Gasteiger partial charge on any atom is 0.335 e. The summed E-state index contributed by atoms with van der Waals surface area (Å²) in [5, 5.41) is 9.88. The van der Waals surface area contributed by atoms with Crippen LogP contribution in [0, 0.1) is 0 Å². The second kappa shape index (κ2) is 7.62. The van der Waals surface area contributed by atoms with Gasteiger partial charge in [0.05, 0.1) is 6.10 Å². The van der Waals surface area contributed by atoms with Crippen LogP contribution in [-0.4, -0.2) is 29.1 Å². The second-order valence-electron chi connectivity index (χ2n) is 6.38. The van der Waals surface area contributed by atoms with Crippen LogP contribution in [0.1, 0.15) is 51.1 Å². The van der Waals surface area contributed by atoms with Gasteiger partial charge in [0.1, 0.15) is 0 Å². The van der Waals surface area contributed by atoms with Crippen molar-refractivity contribution in [1.82, 2.24) is 0 Å². The van der Waals surface area contributed by atoms with Gasteiger partial charge in [-0.05, 0) is 44.4 Å². The fourth-order valence-corrected chi connectivity index (χ4v) is 3.07. The first-order valence-corrected chi connectivity index (χ1v) is 8.26. The van der Waals surface area contributed by atoms with E-state index in [0.29, 0.717) is 11.4 Å². The molecule has 6 heteroatoms. The maximum absolute atomic E-state index is 11.2. The van der Waals surface area contributed by atoms with E-state index in [9.17, 15) is 9.90 Å². The molecule has 128 valence electrons. The largest absolute Gasteiger partial charge is 0.479 e. The van der Waals surface area contributed by atoms with Gasteiger partial charge in [-0.25, -0.2) is 4.79 Å². The Morgan fingerprint density at radius 1 is 1.39 bits per heavy atom. The molecule has 5 nitrogen and oxygen atoms in total. The Hall–Kier alpha value is -1.14. The van der Waals surface area contributed by atoms with Gasteiger partial charge in [-0.15, -0.1) is 0 Å². The molecule has 2 rings (SSSR count). The minimum absolute atomic E-state index is 0.0684. The summed E-state index contributed by atoms with van der Waals surface area (Å²) in [6.07, 6.45) is 1.87. The number of halogens is 1. The van der Waals surface area contributed by atoms with Gasteiger partial charge in [0.2, 0.25) is 0 Å². The third kappa shape index (κ3) is 5.18. The number of hydrogen-bond donors (Lipinski definition) is 2. The van der Waals surface area contributed by atoms with E-state index >= 15 is 0 Å². The SMILES string of the molecule is CC1(C)O[C@@H](CCCCC(N)c2cccc(Cl)c2)[C@H](C(=O)O)O1. The van der Waals surface area contributed by atoms with Gasteiger partial charge in [-0.3, -0.25) is 0 Å². The summed E-state index contributed by atoms with van der Waals surface area (Å²) >= 11 is 5.97. The molecule has 3 atom stereocenters. The van der Waals surface area contributed by atoms with Crippen molar-refractivity contribution in [1.29, 1.82) is 0 Å². The maximum atomic E-state index is 11.2. The summed E-state index contributed by atoms with van der Waals surface area (Å²) in [7, 11) is 0. The Kier molecular flexibility index (Phi) is 6.03. The van der Waals surface area contributed by atoms with Crippen LogP contribution >= 0.6 is 11.6 Å². The third-order valence-electron chi connectivity index (χ3n) is 3.96. The van der Waals surface area contributed by atoms with E-state index in [1.165, 1.54) is 0 Å². The van der Waals surface area contributed by atoms with Crippen molar-refractivity contribution in [3.05, 3.63) is 34.9 Å². The van der Waals surface area contributed by atoms with E-state index in [0.717, 1.165) is 24.8 Å². The summed E-state index contributed by atoms with van der Waals surface area (Å²) in [6.45, 7) is 3.47. The topological polar surface area (TPSA) is 81.8 Å². The standard InChI is InChI=1S/C17H24ClNO4/c1-17(2)22-14(15(23-17)16(20)21)9-4-3-8-13(19)11-6-5-7-12(18)10-11/h5-7,10,13-15H,3-4,8-9,19H2,1-2H3,(H,20,21)/t13?,14-,15+/m0/s1. The van der Waals surface area contributed by atoms with Crippen LogP contribution in [-0.2, 0) is 14.3 Å². The molecule has 1 aliphatic heterocycles. The van der Waals surface area contributed by atoms with E-state index in [1.54, 1.807) is 13.8 Å². The molecule has 1 saturated heterocycles. The molecule has 23 heavy (non-hydrogen) atoms. The number of nitrogens with two attached hydrogens (primary N) is 1. The molecule has 0 saturated carbocycles. The van der Waals surface area contributed by atoms with Crippen LogP contribution < -0.4 is 5.73 Å². The van der Waals surface area contributed by atoms with Gasteiger partial charge in [-0.1, -0.05) is 36.6 Å². The van der Waals surface area contributed by atoms with E-state index in [1.807, 2.05) is 24.3 Å². The fraction of sp³-hybridized carbons (Fsp3) is 0.588. The van der Waals surface area contributed by atoms with Crippen LogP contribution in [0.2, 0.25) is 5.02 Å². The van der Waals surface area contributed by atoms with Crippen LogP contribution in [0.4, 0.5) is 0 Å². The van der Waals surface area contributed by atoms with Crippen molar-refractivity contribution in [3.63, 3.8) is 0 Å². The summed E-state index contributed by atoms with van der Waals surface area (Å²) in [6, 6.07) is 7.49. The highest BCUT2D eigenvalue weighted by molar-refractivity contribution is 6.30. The molecule has 1 heterocycles. The third-order valence-corrected chi connectivity index (χ3v) is 4.19. The first kappa shape index (κ1) is 18.2. The van der Waals surface area contributed by atoms with Crippen molar-refractivity contribution < 1.29 is 19.4 Å². The van der Waals surface area contributed by atoms with Crippen molar-refractivity contribution in [3.8, 4) is 0 Å². The monoisotopic (exact) mass is 341 g/mol. The van der Waals surface area contributed by atoms with Crippen LogP contribution in [0.25, 0.3) is 0 Å². The molecule has 0 aromatic heterocycles. The first-order chi connectivity index (χ1) is 10.8. The summed E-state index contributed by atoms with van der Waals surface area (Å²) < 4.78 is 11.1. The average molecular weight is 342 g/mol. The van der Waals surface area contributed by atoms with Crippen molar-refractivity contribution in [2.45, 2.75) is 63.6 Å². The summed E-state index contributed by atoms with van der Waals surface area (Å²) in [4.78, 5) is 11.2. The van der Waals surface area contributed by atoms with Gasteiger partial charge in [0.15, 0.2) is 11.9 Å². The number of ether oxygens (including phenoxy) is 2. The number of benzene rings is 1. The van der Waals surface area contributed by atoms with Crippen LogP contribution in [0.15, 0.2) is 24.3 Å². The van der Waals surface area contributed by atoms with Crippen molar-refractivity contribution in [2.24, 2.45) is 5.73 Å². The van der Waals surface area contributed by atoms with Crippen LogP contribution in [0.3, 0.4) is 0 Å². The first-order valence-electron chi connectivity index (χ1n) is 7.88. The predicted octanol–water partition coefficient (Wildman–Crippen LogP) is 3.50. The molecule has 1 unspecified atom stereocenters. The summed E-state index contributed by atoms with van der Waals surface area (Å²) in [5.41, 5.74) is 7.18. The number of hydrogen-bond acceptors (Lipinski definition) is 4. The highest BCUT2D eigenvalue weighted by Gasteiger charge is 2.44. The quantitative estimate of drug-likeness (QED) is 0.742. The number of carboxylic acid groups (broad SMARTS) is 1. The molecule has 0 radical (unpaired) electrons. The molecule has 1 fully saturated rings. The molecule has 3 N–H and O–H groups in total. The van der Waals surface area contributed by atoms with E-state index in [-0.39, 0.29) is 6.04 Å². The van der Waals surface area contributed by atoms with Gasteiger partial charge in [0.25, 0.3) is 0 Å². The lowest BCUT2D eigenvalue weighted by molar-refractivity contribution is -0.165. The highest BCUT2D eigenvalue weighted by Crippen LogP contribution is 2.31. The summed E-state index contributed by atoms with van der Waals surface area (Å²) in [5.74, 6) is -1.82.